The molecule has 106 heavy (non-hydrogen) atoms. The average Bonchev–Trinajstić information content (AvgIpc) is 0.850. The third-order valence-corrected chi connectivity index (χ3v) is 19.1. The number of carbonyl (C=O) groups is 8. The third kappa shape index (κ3) is 31.0. The zero-order valence-electron chi connectivity index (χ0n) is 63.6. The number of aromatic hydroxyl groups is 2. The summed E-state index contributed by atoms with van der Waals surface area (Å²) in [5, 5.41) is 64.7. The van der Waals surface area contributed by atoms with Crippen LogP contribution in [0.25, 0.3) is 0 Å². The molecule has 1 aromatic carbocycles. The maximum absolute atomic E-state index is 13.5. The second-order valence-electron chi connectivity index (χ2n) is 27.3. The lowest BCUT2D eigenvalue weighted by Crippen LogP contribution is -3.10. The number of primary amides is 2. The summed E-state index contributed by atoms with van der Waals surface area (Å²) in [6, 6.07) is 1.31. The van der Waals surface area contributed by atoms with Gasteiger partial charge < -0.3 is 114 Å². The molecule has 12 atom stereocenters. The molecular formula is C76H115Cl3N8O19. The standard InChI is InChI=1S/C31H45N3O8.C31H43N3O8.C7H12ClNO.C7H13NO2.2ClH/c2*1-8-12-33-26-21-13-17(2)14-25(41-7)27(36)19(4)15-20(5)29(42-31(32)39)24(40-6)11-9-10-18(3)30(38)34-22(28(21)37)16-23(26)35;1-9-4-2-6(3-5-9)7(8)10;1-8-4-2-6(3-5-8)7(9)10;;/h8-11,15-17,19,24-25,27,29,33,35-37H,1,12-14H2,2-7H3,(H2,32,39)(H,34,38);8-11,15-17,19,24-25,27,29,33,36H,1,12-14H2,2-7H3,(H2,32,39)(H,34,38);6H,2-5H2,1H3;6H,2-5H2,1H3,(H,9,10);2*1H/b2*11-9-,18-10+,20-15+;;;;/t2*17-,19+,24+,25+,27-,29+;;;;/m11..../s1. The first kappa shape index (κ1) is 96.5. The highest BCUT2D eigenvalue weighted by Gasteiger charge is 2.36. The van der Waals surface area contributed by atoms with Gasteiger partial charge in [-0.15, -0.1) is 19.0 Å². The number of hydrogen-bond acceptors (Lipinski definition) is 21. The van der Waals surface area contributed by atoms with Crippen molar-refractivity contribution in [3.63, 3.8) is 0 Å². The molecule has 2 saturated heterocycles. The molecule has 4 aliphatic heterocycles. The number of phenolic OH excluding ortho intramolecular Hbond substituents is 2. The number of aliphatic carboxylic acids is 1. The number of carboxylic acids is 1. The lowest BCUT2D eigenvalue weighted by atomic mass is 9.85. The number of carbonyl (C=O) groups excluding carboxylic acids is 8. The minimum atomic E-state index is -1.00. The molecule has 4 heterocycles. The summed E-state index contributed by atoms with van der Waals surface area (Å²) >= 11 is 5.35. The van der Waals surface area contributed by atoms with E-state index in [1.807, 2.05) is 20.8 Å². The highest BCUT2D eigenvalue weighted by Crippen LogP contribution is 2.41. The molecule has 5 aliphatic rings. The second kappa shape index (κ2) is 48.7. The number of anilines is 1. The van der Waals surface area contributed by atoms with Crippen molar-refractivity contribution in [2.24, 2.45) is 47.0 Å². The maximum Gasteiger partial charge on any atom is 0.405 e. The molecule has 594 valence electrons. The van der Waals surface area contributed by atoms with Crippen molar-refractivity contribution in [1.29, 1.82) is 0 Å². The first-order valence-corrected chi connectivity index (χ1v) is 35.4. The monoisotopic (exact) mass is 1550 g/mol. The number of aliphatic hydroxyl groups excluding tert-OH is 2. The van der Waals surface area contributed by atoms with Crippen molar-refractivity contribution < 1.29 is 115 Å². The van der Waals surface area contributed by atoms with Gasteiger partial charge in [-0.2, -0.15) is 0 Å². The number of ketones is 2. The summed E-state index contributed by atoms with van der Waals surface area (Å²) in [4.78, 5) is 101. The van der Waals surface area contributed by atoms with Crippen LogP contribution in [-0.2, 0) is 63.6 Å². The molecule has 27 nitrogen and oxygen atoms in total. The fourth-order valence-corrected chi connectivity index (χ4v) is 12.8. The third-order valence-electron chi connectivity index (χ3n) is 18.8. The number of aliphatic hydroxyl groups is 2. The number of fused-ring (bicyclic) bond motifs is 4. The first-order valence-electron chi connectivity index (χ1n) is 35.0. The molecular weight excluding hydrogens is 1440 g/mol. The molecule has 4 amide bonds. The smallest absolute Gasteiger partial charge is 0.405 e. The Morgan fingerprint density at radius 1 is 0.745 bits per heavy atom. The van der Waals surface area contributed by atoms with Crippen LogP contribution in [0.5, 0.6) is 11.5 Å². The Balaban J connectivity index is 0.000000823. The Hall–Kier alpha value is -7.51. The fourth-order valence-electron chi connectivity index (χ4n) is 12.6. The Morgan fingerprint density at radius 3 is 1.64 bits per heavy atom. The number of carboxylic acid groups (broad SMARTS) is 1. The Bertz CT molecular complexity index is 3360. The number of nitrogens with two attached hydrogens (primary N) is 3. The van der Waals surface area contributed by atoms with Crippen LogP contribution in [-0.4, -0.2) is 203 Å². The molecule has 0 unspecified atom stereocenters. The number of likely N-dealkylation sites (tertiary alicyclic amines) is 2. The van der Waals surface area contributed by atoms with Crippen molar-refractivity contribution in [2.75, 3.05) is 87.1 Å². The number of methoxy groups -OCH3 is 4. The number of ether oxygens (including phenoxy) is 6. The predicted octanol–water partition coefficient (Wildman–Crippen LogP) is 1.66. The number of amides is 4. The van der Waals surface area contributed by atoms with E-state index in [-0.39, 0.29) is 106 Å². The zero-order chi connectivity index (χ0) is 78.2. The van der Waals surface area contributed by atoms with Gasteiger partial charge in [-0.05, 0) is 127 Å². The fraction of sp³-hybridized carbons (Fsp3) is 0.553. The van der Waals surface area contributed by atoms with Crippen LogP contribution in [0.4, 0.5) is 21.0 Å². The van der Waals surface area contributed by atoms with Crippen LogP contribution in [0.3, 0.4) is 0 Å². The number of allylic oxidation sites excluding steroid dienone is 6. The summed E-state index contributed by atoms with van der Waals surface area (Å²) < 4.78 is 33.2. The minimum Gasteiger partial charge on any atom is -1.00 e. The molecule has 6 rings (SSSR count). The van der Waals surface area contributed by atoms with Gasteiger partial charge in [0, 0.05) is 106 Å². The number of quaternary nitrogens is 2. The zero-order valence-corrected chi connectivity index (χ0v) is 65.9. The summed E-state index contributed by atoms with van der Waals surface area (Å²) in [6.45, 7) is 26.1. The quantitative estimate of drug-likeness (QED) is 0.0315. The molecule has 1 aromatic rings. The highest BCUT2D eigenvalue weighted by atomic mass is 35.5. The van der Waals surface area contributed by atoms with E-state index in [1.165, 1.54) is 51.6 Å². The highest BCUT2D eigenvalue weighted by molar-refractivity contribution is 6.64. The van der Waals surface area contributed by atoms with Gasteiger partial charge in [-0.25, -0.2) is 9.59 Å². The number of Topliss-reactive ketones (excluding diaryl/α,β-unsaturated/α-hetero) is 1. The Morgan fingerprint density at radius 2 is 1.22 bits per heavy atom. The van der Waals surface area contributed by atoms with Crippen LogP contribution in [0.15, 0.2) is 125 Å². The number of nitrogens with one attached hydrogen (secondary N) is 4. The number of nitrogens with zero attached hydrogens (tertiary/aromatic N) is 1. The van der Waals surface area contributed by atoms with Crippen LogP contribution < -0.4 is 55.1 Å². The molecule has 0 saturated carbocycles. The van der Waals surface area contributed by atoms with Crippen molar-refractivity contribution in [3.8, 4) is 11.5 Å². The predicted molar refractivity (Wildman–Crippen MR) is 401 cm³/mol. The van der Waals surface area contributed by atoms with Crippen molar-refractivity contribution >= 4 is 82.2 Å². The Labute approximate surface area is 641 Å². The van der Waals surface area contributed by atoms with Gasteiger partial charge in [-0.1, -0.05) is 89.0 Å². The number of halogens is 3. The van der Waals surface area contributed by atoms with Gasteiger partial charge >= 0.3 is 12.2 Å². The number of piperidine rings is 2. The minimum absolute atomic E-state index is 0. The van der Waals surface area contributed by atoms with Gasteiger partial charge in [0.15, 0.2) is 23.6 Å². The molecule has 0 aromatic heterocycles. The molecule has 0 radical (unpaired) electrons. The molecule has 1 aliphatic carbocycles. The number of hydrogen-bond donors (Lipinski definition) is 11. The molecule has 30 heteroatoms. The lowest BCUT2D eigenvalue weighted by molar-refractivity contribution is -0.885. The topological polar surface area (TPSA) is 408 Å². The SMILES string of the molecule is C=CCNC1=C2C[C@@H](C)C[C@H](OC)[C@H](O)[C@@H](C)/C=C(\C)[C@H](OC(N)=O)[C@@H](OC)/C=C\C=C(/C)C(=O)NC(=CC1=O)C2=O.C=CC[NH2+]c1c(O)cc2c(O)c1C[C@@H](C)C[C@H](OC)[C@H](O)[C@@H](C)/C=C(\C)[C@H](OC(N)=O)[C@@H](OC)/C=C\C=C(/C)C(=O)N2.CN1CCC(C(=O)Cl)CC1.C[NH+]1CCC(C(=O)[O-])CC1.Cl.[Cl-]. The summed E-state index contributed by atoms with van der Waals surface area (Å²) in [5.74, 6) is -4.35. The second-order valence-corrected chi connectivity index (χ2v) is 27.6. The van der Waals surface area contributed by atoms with E-state index in [4.69, 9.17) is 51.5 Å². The van der Waals surface area contributed by atoms with E-state index in [9.17, 15) is 63.9 Å². The normalized spacial score (nSPS) is 29.5. The summed E-state index contributed by atoms with van der Waals surface area (Å²) in [6.07, 6.45) is 13.6. The molecule has 0 spiro atoms. The van der Waals surface area contributed by atoms with Crippen LogP contribution in [0.1, 0.15) is 106 Å². The van der Waals surface area contributed by atoms with Gasteiger partial charge in [0.1, 0.15) is 18.0 Å². The van der Waals surface area contributed by atoms with E-state index in [0.29, 0.717) is 53.8 Å². The lowest BCUT2D eigenvalue weighted by Gasteiger charge is -2.30. The van der Waals surface area contributed by atoms with Gasteiger partial charge in [0.2, 0.25) is 16.8 Å². The van der Waals surface area contributed by atoms with E-state index in [1.54, 1.807) is 88.5 Å². The maximum atomic E-state index is 13.5. The first-order chi connectivity index (χ1) is 49.1. The number of benzene rings is 1. The van der Waals surface area contributed by atoms with Gasteiger partial charge in [0.05, 0.1) is 73.7 Å². The van der Waals surface area contributed by atoms with Crippen LogP contribution in [0, 0.1) is 35.5 Å². The van der Waals surface area contributed by atoms with Crippen molar-refractivity contribution in [3.05, 3.63) is 131 Å². The van der Waals surface area contributed by atoms with E-state index in [0.717, 1.165) is 57.9 Å². The largest absolute Gasteiger partial charge is 1.00 e. The van der Waals surface area contributed by atoms with Gasteiger partial charge in [0.25, 0.3) is 11.8 Å². The molecule has 4 bridgehead atoms. The van der Waals surface area contributed by atoms with Crippen LogP contribution in [0.2, 0.25) is 0 Å². The average molecular weight is 1550 g/mol. The van der Waals surface area contributed by atoms with E-state index >= 15 is 0 Å². The number of rotatable bonds is 14. The summed E-state index contributed by atoms with van der Waals surface area (Å²) in [7, 11) is 10.0. The van der Waals surface area contributed by atoms with Crippen molar-refractivity contribution in [1.82, 2.24) is 15.5 Å². The molecule has 2 fully saturated rings. The van der Waals surface area contributed by atoms with E-state index < -0.39 is 102 Å². The molecule has 14 N–H and O–H groups in total. The van der Waals surface area contributed by atoms with E-state index in [2.05, 4.69) is 48.1 Å². The van der Waals surface area contributed by atoms with Gasteiger partial charge in [-0.3, -0.25) is 24.0 Å². The Kier molecular flexibility index (Phi) is 44.4. The van der Waals surface area contributed by atoms with Crippen molar-refractivity contribution in [2.45, 2.75) is 156 Å². The summed E-state index contributed by atoms with van der Waals surface area (Å²) in [5.41, 5.74) is 13.6. The number of phenols is 2. The van der Waals surface area contributed by atoms with Crippen LogP contribution >= 0.6 is 24.0 Å².